The lowest BCUT2D eigenvalue weighted by Gasteiger charge is -2.08. The van der Waals surface area contributed by atoms with Crippen LogP contribution in [0.3, 0.4) is 0 Å². The zero-order valence-corrected chi connectivity index (χ0v) is 13.4. The average molecular weight is 327 g/mol. The minimum absolute atomic E-state index is 0.0672. The number of nitrogens with zero attached hydrogens (tertiary/aromatic N) is 2. The first-order chi connectivity index (χ1) is 11.5. The van der Waals surface area contributed by atoms with Gasteiger partial charge in [-0.2, -0.15) is 5.10 Å². The third-order valence-electron chi connectivity index (χ3n) is 3.33. The van der Waals surface area contributed by atoms with Gasteiger partial charge in [-0.05, 0) is 30.7 Å². The summed E-state index contributed by atoms with van der Waals surface area (Å²) in [6, 6.07) is 12.9. The number of carbonyl (C=O) groups is 1. The number of nitro benzene ring substituents is 1. The second-order valence-corrected chi connectivity index (χ2v) is 5.08. The van der Waals surface area contributed by atoms with Crippen molar-refractivity contribution in [2.45, 2.75) is 13.3 Å². The zero-order valence-electron chi connectivity index (χ0n) is 13.4. The Hall–Kier alpha value is -3.22. The Balaban J connectivity index is 2.01. The topological polar surface area (TPSA) is 93.8 Å². The highest BCUT2D eigenvalue weighted by atomic mass is 16.6. The first-order valence-electron chi connectivity index (χ1n) is 7.21. The van der Waals surface area contributed by atoms with Crippen LogP contribution in [0.15, 0.2) is 53.6 Å². The fraction of sp³-hybridized carbons (Fsp3) is 0.176. The summed E-state index contributed by atoms with van der Waals surface area (Å²) in [6.45, 7) is 1.79. The zero-order chi connectivity index (χ0) is 17.5. The van der Waals surface area contributed by atoms with Gasteiger partial charge in [0.05, 0.1) is 12.0 Å². The molecule has 0 spiro atoms. The maximum atomic E-state index is 12.0. The Labute approximate surface area is 139 Å². The summed E-state index contributed by atoms with van der Waals surface area (Å²) in [5, 5.41) is 14.7. The van der Waals surface area contributed by atoms with E-state index in [4.69, 9.17) is 4.74 Å². The third kappa shape index (κ3) is 4.39. The molecule has 0 atom stereocenters. The molecule has 7 heteroatoms. The highest BCUT2D eigenvalue weighted by Crippen LogP contribution is 2.18. The number of carbonyl (C=O) groups excluding carboxylic acids is 1. The standard InChI is InChI=1S/C17H17N3O4/c1-12(11-14-5-3-4-6-16(14)24-2)18-19-17(21)13-7-9-15(10-8-13)20(22)23/h3-10H,11H2,1-2H3,(H,19,21)/b18-12-. The third-order valence-corrected chi connectivity index (χ3v) is 3.33. The molecule has 124 valence electrons. The summed E-state index contributed by atoms with van der Waals surface area (Å²) in [7, 11) is 1.60. The largest absolute Gasteiger partial charge is 0.496 e. The fourth-order valence-corrected chi connectivity index (χ4v) is 2.11. The summed E-state index contributed by atoms with van der Waals surface area (Å²) in [4.78, 5) is 22.1. The smallest absolute Gasteiger partial charge is 0.271 e. The summed E-state index contributed by atoms with van der Waals surface area (Å²) >= 11 is 0. The van der Waals surface area contributed by atoms with Crippen molar-refractivity contribution in [2.24, 2.45) is 5.10 Å². The number of nitrogens with one attached hydrogen (secondary N) is 1. The molecule has 0 aliphatic carbocycles. The predicted octanol–water partition coefficient (Wildman–Crippen LogP) is 2.95. The highest BCUT2D eigenvalue weighted by Gasteiger charge is 2.09. The Morgan fingerprint density at radius 1 is 1.21 bits per heavy atom. The number of methoxy groups -OCH3 is 1. The lowest BCUT2D eigenvalue weighted by Crippen LogP contribution is -2.19. The van der Waals surface area contributed by atoms with E-state index in [1.807, 2.05) is 24.3 Å². The monoisotopic (exact) mass is 327 g/mol. The van der Waals surface area contributed by atoms with E-state index in [0.29, 0.717) is 17.7 Å². The van der Waals surface area contributed by atoms with Gasteiger partial charge < -0.3 is 4.74 Å². The molecule has 0 aliphatic heterocycles. The number of amides is 1. The maximum Gasteiger partial charge on any atom is 0.271 e. The Morgan fingerprint density at radius 3 is 2.50 bits per heavy atom. The van der Waals surface area contributed by atoms with Crippen LogP contribution in [-0.2, 0) is 6.42 Å². The van der Waals surface area contributed by atoms with Gasteiger partial charge in [0, 0.05) is 29.8 Å². The molecule has 0 aromatic heterocycles. The van der Waals surface area contributed by atoms with Gasteiger partial charge in [0.15, 0.2) is 0 Å². The van der Waals surface area contributed by atoms with Crippen LogP contribution in [0.5, 0.6) is 5.75 Å². The molecular weight excluding hydrogens is 310 g/mol. The lowest BCUT2D eigenvalue weighted by atomic mass is 10.1. The fourth-order valence-electron chi connectivity index (χ4n) is 2.11. The van der Waals surface area contributed by atoms with Crippen LogP contribution in [0.4, 0.5) is 5.69 Å². The Kier molecular flexibility index (Phi) is 5.62. The highest BCUT2D eigenvalue weighted by molar-refractivity contribution is 5.95. The molecular formula is C17H17N3O4. The number of non-ortho nitro benzene ring substituents is 1. The quantitative estimate of drug-likeness (QED) is 0.501. The molecule has 0 bridgehead atoms. The second-order valence-electron chi connectivity index (χ2n) is 5.08. The van der Waals surface area contributed by atoms with Gasteiger partial charge in [-0.25, -0.2) is 5.43 Å². The molecule has 0 heterocycles. The Morgan fingerprint density at radius 2 is 1.88 bits per heavy atom. The van der Waals surface area contributed by atoms with Crippen LogP contribution < -0.4 is 10.2 Å². The van der Waals surface area contributed by atoms with Gasteiger partial charge in [0.2, 0.25) is 0 Å². The number of nitro groups is 1. The van der Waals surface area contributed by atoms with Crippen LogP contribution in [0.2, 0.25) is 0 Å². The van der Waals surface area contributed by atoms with Crippen LogP contribution in [-0.4, -0.2) is 23.7 Å². The number of benzene rings is 2. The van der Waals surface area contributed by atoms with E-state index in [1.54, 1.807) is 14.0 Å². The number of hydrogen-bond acceptors (Lipinski definition) is 5. The van der Waals surface area contributed by atoms with Crippen molar-refractivity contribution < 1.29 is 14.5 Å². The van der Waals surface area contributed by atoms with Crippen LogP contribution in [0, 0.1) is 10.1 Å². The van der Waals surface area contributed by atoms with Gasteiger partial charge in [-0.1, -0.05) is 18.2 Å². The average Bonchev–Trinajstić information content (AvgIpc) is 2.60. The molecule has 0 unspecified atom stereocenters. The van der Waals surface area contributed by atoms with E-state index in [2.05, 4.69) is 10.5 Å². The molecule has 0 saturated carbocycles. The lowest BCUT2D eigenvalue weighted by molar-refractivity contribution is -0.384. The summed E-state index contributed by atoms with van der Waals surface area (Å²) < 4.78 is 5.27. The van der Waals surface area contributed by atoms with E-state index in [-0.39, 0.29) is 5.69 Å². The van der Waals surface area contributed by atoms with Crippen molar-refractivity contribution >= 4 is 17.3 Å². The van der Waals surface area contributed by atoms with E-state index < -0.39 is 10.8 Å². The molecule has 1 N–H and O–H groups in total. The van der Waals surface area contributed by atoms with E-state index in [9.17, 15) is 14.9 Å². The minimum atomic E-state index is -0.517. The van der Waals surface area contributed by atoms with Crippen molar-refractivity contribution in [1.29, 1.82) is 0 Å². The maximum absolute atomic E-state index is 12.0. The number of hydrogen-bond donors (Lipinski definition) is 1. The van der Waals surface area contributed by atoms with Crippen molar-refractivity contribution in [2.75, 3.05) is 7.11 Å². The van der Waals surface area contributed by atoms with Crippen molar-refractivity contribution in [3.05, 3.63) is 69.8 Å². The van der Waals surface area contributed by atoms with Gasteiger partial charge in [-0.15, -0.1) is 0 Å². The molecule has 1 amide bonds. The van der Waals surface area contributed by atoms with Crippen molar-refractivity contribution in [3.63, 3.8) is 0 Å². The van der Waals surface area contributed by atoms with Crippen LogP contribution >= 0.6 is 0 Å². The molecule has 0 aliphatic rings. The van der Waals surface area contributed by atoms with E-state index >= 15 is 0 Å². The number of rotatable bonds is 6. The van der Waals surface area contributed by atoms with Crippen molar-refractivity contribution in [3.8, 4) is 5.75 Å². The second kappa shape index (κ2) is 7.87. The molecule has 2 aromatic rings. The summed E-state index contributed by atoms with van der Waals surface area (Å²) in [5.41, 5.74) is 4.34. The number of para-hydroxylation sites is 1. The minimum Gasteiger partial charge on any atom is -0.496 e. The Bertz CT molecular complexity index is 770. The first kappa shape index (κ1) is 17.1. The van der Waals surface area contributed by atoms with Gasteiger partial charge in [-0.3, -0.25) is 14.9 Å². The number of hydrazone groups is 1. The molecule has 7 nitrogen and oxygen atoms in total. The number of ether oxygens (including phenoxy) is 1. The summed E-state index contributed by atoms with van der Waals surface area (Å²) in [5.74, 6) is 0.332. The summed E-state index contributed by atoms with van der Waals surface area (Å²) in [6.07, 6.45) is 0.532. The van der Waals surface area contributed by atoms with Crippen molar-refractivity contribution in [1.82, 2.24) is 5.43 Å². The van der Waals surface area contributed by atoms with Gasteiger partial charge in [0.1, 0.15) is 5.75 Å². The van der Waals surface area contributed by atoms with Crippen LogP contribution in [0.25, 0.3) is 0 Å². The molecule has 0 radical (unpaired) electrons. The SMILES string of the molecule is COc1ccccc1C/C(C)=N\NC(=O)c1ccc([N+](=O)[O-])cc1. The first-order valence-corrected chi connectivity index (χ1v) is 7.21. The molecule has 24 heavy (non-hydrogen) atoms. The molecule has 2 rings (SSSR count). The molecule has 0 fully saturated rings. The predicted molar refractivity (Wildman–Crippen MR) is 90.4 cm³/mol. The van der Waals surface area contributed by atoms with E-state index in [1.165, 1.54) is 24.3 Å². The van der Waals surface area contributed by atoms with Gasteiger partial charge in [0.25, 0.3) is 11.6 Å². The van der Waals surface area contributed by atoms with Crippen LogP contribution in [0.1, 0.15) is 22.8 Å². The molecule has 0 saturated heterocycles. The molecule has 2 aromatic carbocycles. The van der Waals surface area contributed by atoms with E-state index in [0.717, 1.165) is 11.3 Å². The normalized spacial score (nSPS) is 11.0. The van der Waals surface area contributed by atoms with Gasteiger partial charge >= 0.3 is 0 Å².